The first-order chi connectivity index (χ1) is 10.5. The van der Waals surface area contributed by atoms with E-state index < -0.39 is 5.82 Å². The number of nitrogens with zero attached hydrogens (tertiary/aromatic N) is 2. The monoisotopic (exact) mass is 304 g/mol. The van der Waals surface area contributed by atoms with Crippen LogP contribution in [-0.2, 0) is 0 Å². The molecule has 0 spiro atoms. The quantitative estimate of drug-likeness (QED) is 0.856. The topological polar surface area (TPSA) is 59.1 Å². The Kier molecular flexibility index (Phi) is 5.27. The van der Waals surface area contributed by atoms with E-state index in [2.05, 4.69) is 41.4 Å². The summed E-state index contributed by atoms with van der Waals surface area (Å²) in [4.78, 5) is 8.22. The van der Waals surface area contributed by atoms with Crippen LogP contribution in [0.2, 0.25) is 0 Å². The second kappa shape index (κ2) is 7.17. The lowest BCUT2D eigenvalue weighted by Gasteiger charge is -2.17. The summed E-state index contributed by atoms with van der Waals surface area (Å²) in [5, 5.41) is 6.43. The van der Waals surface area contributed by atoms with Crippen LogP contribution >= 0.6 is 0 Å². The number of ether oxygens (including phenoxy) is 1. The molecule has 0 radical (unpaired) electrons. The van der Waals surface area contributed by atoms with Gasteiger partial charge in [-0.05, 0) is 18.6 Å². The highest BCUT2D eigenvalue weighted by Gasteiger charge is 2.08. The van der Waals surface area contributed by atoms with E-state index in [1.54, 1.807) is 6.20 Å². The van der Waals surface area contributed by atoms with E-state index in [4.69, 9.17) is 4.74 Å². The van der Waals surface area contributed by atoms with Gasteiger partial charge in [0.2, 0.25) is 5.88 Å². The van der Waals surface area contributed by atoms with Crippen molar-refractivity contribution in [3.05, 3.63) is 42.0 Å². The average Bonchev–Trinajstić information content (AvgIpc) is 2.47. The summed E-state index contributed by atoms with van der Waals surface area (Å²) in [6.07, 6.45) is 3.30. The van der Waals surface area contributed by atoms with Gasteiger partial charge in [0.15, 0.2) is 5.82 Å². The van der Waals surface area contributed by atoms with Gasteiger partial charge >= 0.3 is 0 Å². The van der Waals surface area contributed by atoms with E-state index in [1.165, 1.54) is 19.4 Å². The smallest absolute Gasteiger partial charge is 0.250 e. The summed E-state index contributed by atoms with van der Waals surface area (Å²) in [5.74, 6) is 0.0909. The zero-order chi connectivity index (χ0) is 16.1. The molecule has 1 atom stereocenters. The molecule has 5 nitrogen and oxygen atoms in total. The third kappa shape index (κ3) is 4.14. The molecule has 22 heavy (non-hydrogen) atoms. The molecular formula is C16H21FN4O. The summed E-state index contributed by atoms with van der Waals surface area (Å²) >= 11 is 0. The second-order valence-corrected chi connectivity index (χ2v) is 5.36. The van der Waals surface area contributed by atoms with Crippen molar-refractivity contribution in [1.29, 1.82) is 0 Å². The van der Waals surface area contributed by atoms with Crippen molar-refractivity contribution in [1.82, 2.24) is 15.3 Å². The van der Waals surface area contributed by atoms with Gasteiger partial charge in [-0.1, -0.05) is 19.9 Å². The molecule has 0 aliphatic carbocycles. The number of hydrogen-bond acceptors (Lipinski definition) is 5. The number of pyridine rings is 2. The Morgan fingerprint density at radius 3 is 2.45 bits per heavy atom. The summed E-state index contributed by atoms with van der Waals surface area (Å²) < 4.78 is 18.4. The molecule has 0 bridgehead atoms. The van der Waals surface area contributed by atoms with Gasteiger partial charge < -0.3 is 15.4 Å². The predicted molar refractivity (Wildman–Crippen MR) is 85.0 cm³/mol. The Labute approximate surface area is 129 Å². The number of hydrogen-bond donors (Lipinski definition) is 2. The Bertz CT molecular complexity index is 616. The van der Waals surface area contributed by atoms with Gasteiger partial charge in [0.1, 0.15) is 5.82 Å². The van der Waals surface area contributed by atoms with Crippen LogP contribution in [0.5, 0.6) is 5.88 Å². The largest absolute Gasteiger partial charge is 0.479 e. The van der Waals surface area contributed by atoms with E-state index >= 15 is 0 Å². The minimum Gasteiger partial charge on any atom is -0.479 e. The zero-order valence-electron chi connectivity index (χ0n) is 13.2. The fourth-order valence-electron chi connectivity index (χ4n) is 2.12. The average molecular weight is 304 g/mol. The molecule has 2 aromatic rings. The first-order valence-electron chi connectivity index (χ1n) is 7.18. The third-order valence-corrected chi connectivity index (χ3v) is 3.14. The number of rotatable bonds is 6. The maximum absolute atomic E-state index is 13.6. The van der Waals surface area contributed by atoms with Crippen molar-refractivity contribution in [3.8, 4) is 5.88 Å². The van der Waals surface area contributed by atoms with Crippen LogP contribution in [0.4, 0.5) is 15.9 Å². The second-order valence-electron chi connectivity index (χ2n) is 5.36. The Balaban J connectivity index is 2.06. The molecule has 0 aliphatic heterocycles. The Hall–Kier alpha value is -2.21. The molecule has 0 saturated carbocycles. The van der Waals surface area contributed by atoms with Crippen LogP contribution in [0.15, 0.2) is 30.6 Å². The molecular weight excluding hydrogens is 283 g/mol. The van der Waals surface area contributed by atoms with Crippen LogP contribution in [0.3, 0.4) is 0 Å². The highest BCUT2D eigenvalue weighted by Crippen LogP contribution is 2.21. The van der Waals surface area contributed by atoms with Crippen LogP contribution in [0.25, 0.3) is 0 Å². The zero-order valence-corrected chi connectivity index (χ0v) is 13.2. The number of aromatic nitrogens is 2. The third-order valence-electron chi connectivity index (χ3n) is 3.14. The first kappa shape index (κ1) is 16.2. The molecule has 1 unspecified atom stereocenters. The molecule has 2 heterocycles. The van der Waals surface area contributed by atoms with Gasteiger partial charge in [0.25, 0.3) is 0 Å². The van der Waals surface area contributed by atoms with Crippen molar-refractivity contribution < 1.29 is 9.13 Å². The van der Waals surface area contributed by atoms with Crippen molar-refractivity contribution >= 4 is 11.5 Å². The van der Waals surface area contributed by atoms with E-state index in [9.17, 15) is 4.39 Å². The van der Waals surface area contributed by atoms with E-state index in [1.807, 2.05) is 12.1 Å². The fourth-order valence-corrected chi connectivity index (χ4v) is 2.12. The SMILES string of the molecule is COc1ncc(Nc2ccc(C(C)NC(C)C)cn2)cc1F. The minimum absolute atomic E-state index is 0.0255. The first-order valence-corrected chi connectivity index (χ1v) is 7.18. The molecule has 2 aromatic heterocycles. The highest BCUT2D eigenvalue weighted by molar-refractivity contribution is 5.55. The molecule has 2 rings (SSSR count). The van der Waals surface area contributed by atoms with Gasteiger partial charge in [-0.2, -0.15) is 0 Å². The summed E-state index contributed by atoms with van der Waals surface area (Å²) in [5.41, 5.74) is 1.62. The van der Waals surface area contributed by atoms with Gasteiger partial charge in [0, 0.05) is 24.3 Å². The van der Waals surface area contributed by atoms with Crippen molar-refractivity contribution in [2.45, 2.75) is 32.9 Å². The molecule has 0 saturated heterocycles. The van der Waals surface area contributed by atoms with Gasteiger partial charge in [-0.25, -0.2) is 14.4 Å². The molecule has 0 aromatic carbocycles. The maximum atomic E-state index is 13.6. The molecule has 6 heteroatoms. The lowest BCUT2D eigenvalue weighted by Crippen LogP contribution is -2.26. The standard InChI is InChI=1S/C16H21FN4O/c1-10(2)20-11(3)12-5-6-15(18-8-12)21-13-7-14(17)16(22-4)19-9-13/h5-11,20H,1-4H3,(H,18,21). The fraction of sp³-hybridized carbons (Fsp3) is 0.375. The van der Waals surface area contributed by atoms with Crippen molar-refractivity contribution in [2.24, 2.45) is 0 Å². The van der Waals surface area contributed by atoms with Crippen molar-refractivity contribution in [3.63, 3.8) is 0 Å². The lowest BCUT2D eigenvalue weighted by molar-refractivity contribution is 0.369. The summed E-state index contributed by atoms with van der Waals surface area (Å²) in [6.45, 7) is 6.29. The van der Waals surface area contributed by atoms with E-state index in [0.29, 0.717) is 17.5 Å². The van der Waals surface area contributed by atoms with Crippen LogP contribution in [0, 0.1) is 5.82 Å². The Morgan fingerprint density at radius 1 is 1.14 bits per heavy atom. The molecule has 0 amide bonds. The van der Waals surface area contributed by atoms with Crippen LogP contribution in [0.1, 0.15) is 32.4 Å². The van der Waals surface area contributed by atoms with Gasteiger partial charge in [-0.15, -0.1) is 0 Å². The van der Waals surface area contributed by atoms with Crippen molar-refractivity contribution in [2.75, 3.05) is 12.4 Å². The number of nitrogens with one attached hydrogen (secondary N) is 2. The molecule has 0 aliphatic rings. The Morgan fingerprint density at radius 2 is 1.91 bits per heavy atom. The van der Waals surface area contributed by atoms with E-state index in [-0.39, 0.29) is 11.9 Å². The van der Waals surface area contributed by atoms with Crippen LogP contribution < -0.4 is 15.4 Å². The molecule has 118 valence electrons. The summed E-state index contributed by atoms with van der Waals surface area (Å²) in [7, 11) is 1.38. The van der Waals surface area contributed by atoms with Crippen LogP contribution in [-0.4, -0.2) is 23.1 Å². The van der Waals surface area contributed by atoms with Gasteiger partial charge in [-0.3, -0.25) is 0 Å². The molecule has 0 fully saturated rings. The predicted octanol–water partition coefficient (Wildman–Crippen LogP) is 3.43. The number of methoxy groups -OCH3 is 1. The van der Waals surface area contributed by atoms with Gasteiger partial charge in [0.05, 0.1) is 19.0 Å². The normalized spacial score (nSPS) is 12.3. The number of halogens is 1. The lowest BCUT2D eigenvalue weighted by atomic mass is 10.1. The number of anilines is 2. The molecule has 2 N–H and O–H groups in total. The minimum atomic E-state index is -0.515. The maximum Gasteiger partial charge on any atom is 0.250 e. The van der Waals surface area contributed by atoms with E-state index in [0.717, 1.165) is 5.56 Å². The summed E-state index contributed by atoms with van der Waals surface area (Å²) in [6, 6.07) is 5.80. The highest BCUT2D eigenvalue weighted by atomic mass is 19.1.